The largest absolute Gasteiger partial charge is 0.297 e. The number of carbonyl (C=O) groups excluding carboxylic acids is 1. The quantitative estimate of drug-likeness (QED) is 0.452. The van der Waals surface area contributed by atoms with Crippen LogP contribution >= 0.6 is 38.9 Å². The highest BCUT2D eigenvalue weighted by Crippen LogP contribution is 2.33. The Labute approximate surface area is 165 Å². The lowest BCUT2D eigenvalue weighted by Crippen LogP contribution is -2.15. The second kappa shape index (κ2) is 7.81. The summed E-state index contributed by atoms with van der Waals surface area (Å²) in [5.74, 6) is -0.459. The number of nitrogens with zero attached hydrogens (tertiary/aromatic N) is 1. The maximum atomic E-state index is 12.6. The molecular formula is C20H17BrClNOS. The number of ketones is 1. The number of aryl methyl sites for hydroxylation is 2. The van der Waals surface area contributed by atoms with E-state index in [9.17, 15) is 4.79 Å². The van der Waals surface area contributed by atoms with Gasteiger partial charge in [-0.2, -0.15) is 0 Å². The molecule has 128 valence electrons. The minimum Gasteiger partial charge on any atom is -0.297 e. The topological polar surface area (TPSA) is 30.0 Å². The number of thiazole rings is 1. The molecule has 5 heteroatoms. The molecule has 2 aromatic carbocycles. The van der Waals surface area contributed by atoms with Crippen molar-refractivity contribution in [1.29, 1.82) is 0 Å². The molecule has 0 bridgehead atoms. The zero-order chi connectivity index (χ0) is 18.0. The fourth-order valence-corrected chi connectivity index (χ4v) is 4.29. The molecule has 1 atom stereocenters. The van der Waals surface area contributed by atoms with E-state index in [1.807, 2.05) is 55.6 Å². The molecule has 3 rings (SSSR count). The molecule has 0 aliphatic heterocycles. The first-order valence-corrected chi connectivity index (χ1v) is 10.1. The molecule has 1 unspecified atom stereocenters. The van der Waals surface area contributed by atoms with Crippen molar-refractivity contribution in [2.45, 2.75) is 19.8 Å². The fraction of sp³-hybridized carbons (Fsp3) is 0.200. The Kier molecular flexibility index (Phi) is 5.72. The number of hydrogen-bond acceptors (Lipinski definition) is 3. The molecule has 0 spiro atoms. The minimum atomic E-state index is -0.412. The molecule has 25 heavy (non-hydrogen) atoms. The van der Waals surface area contributed by atoms with Gasteiger partial charge in [0, 0.05) is 15.4 Å². The van der Waals surface area contributed by atoms with Crippen LogP contribution in [0.4, 0.5) is 0 Å². The van der Waals surface area contributed by atoms with E-state index in [0.29, 0.717) is 0 Å². The molecule has 0 N–H and O–H groups in total. The SMILES string of the molecule is Cc1cc(C)cc(C(C(=O)CCl)c2nc(-c3ccc(Br)cc3)cs2)c1. The van der Waals surface area contributed by atoms with Gasteiger partial charge >= 0.3 is 0 Å². The summed E-state index contributed by atoms with van der Waals surface area (Å²) >= 11 is 10.8. The summed E-state index contributed by atoms with van der Waals surface area (Å²) in [7, 11) is 0. The third kappa shape index (κ3) is 4.20. The summed E-state index contributed by atoms with van der Waals surface area (Å²) in [6.07, 6.45) is 0. The van der Waals surface area contributed by atoms with Gasteiger partial charge in [0.25, 0.3) is 0 Å². The normalized spacial score (nSPS) is 12.2. The first kappa shape index (κ1) is 18.3. The lowest BCUT2D eigenvalue weighted by molar-refractivity contribution is -0.117. The Morgan fingerprint density at radius 2 is 1.80 bits per heavy atom. The number of rotatable bonds is 5. The van der Waals surface area contributed by atoms with Crippen molar-refractivity contribution in [3.8, 4) is 11.3 Å². The molecule has 0 fully saturated rings. The summed E-state index contributed by atoms with van der Waals surface area (Å²) in [6.45, 7) is 4.07. The minimum absolute atomic E-state index is 0.0230. The fourth-order valence-electron chi connectivity index (χ4n) is 2.89. The van der Waals surface area contributed by atoms with Gasteiger partial charge in [0.2, 0.25) is 0 Å². The van der Waals surface area contributed by atoms with Crippen LogP contribution in [0.15, 0.2) is 52.3 Å². The molecule has 0 aliphatic rings. The predicted molar refractivity (Wildman–Crippen MR) is 109 cm³/mol. The molecule has 3 aromatic rings. The predicted octanol–water partition coefficient (Wildman–Crippen LogP) is 6.13. The maximum Gasteiger partial charge on any atom is 0.161 e. The third-order valence-corrected chi connectivity index (χ3v) is 5.64. The first-order chi connectivity index (χ1) is 12.0. The number of hydrogen-bond donors (Lipinski definition) is 0. The Balaban J connectivity index is 2.03. The van der Waals surface area contributed by atoms with Crippen LogP contribution in [0, 0.1) is 13.8 Å². The number of aromatic nitrogens is 1. The highest BCUT2D eigenvalue weighted by Gasteiger charge is 2.25. The molecule has 2 nitrogen and oxygen atoms in total. The van der Waals surface area contributed by atoms with Crippen LogP contribution in [-0.4, -0.2) is 16.6 Å². The van der Waals surface area contributed by atoms with Crippen molar-refractivity contribution < 1.29 is 4.79 Å². The summed E-state index contributed by atoms with van der Waals surface area (Å²) in [5, 5.41) is 2.78. The van der Waals surface area contributed by atoms with Crippen molar-refractivity contribution in [3.63, 3.8) is 0 Å². The second-order valence-corrected chi connectivity index (χ2v) is 8.10. The molecule has 1 heterocycles. The van der Waals surface area contributed by atoms with Crippen molar-refractivity contribution in [1.82, 2.24) is 4.98 Å². The monoisotopic (exact) mass is 433 g/mol. The van der Waals surface area contributed by atoms with E-state index in [2.05, 4.69) is 22.0 Å². The highest BCUT2D eigenvalue weighted by molar-refractivity contribution is 9.10. The summed E-state index contributed by atoms with van der Waals surface area (Å²) < 4.78 is 1.03. The van der Waals surface area contributed by atoms with Gasteiger partial charge in [-0.3, -0.25) is 4.79 Å². The zero-order valence-corrected chi connectivity index (χ0v) is 17.1. The van der Waals surface area contributed by atoms with Gasteiger partial charge in [-0.15, -0.1) is 22.9 Å². The number of Topliss-reactive ketones (excluding diaryl/α,β-unsaturated/α-hetero) is 1. The summed E-state index contributed by atoms with van der Waals surface area (Å²) in [5.41, 5.74) is 5.13. The van der Waals surface area contributed by atoms with Crippen molar-refractivity contribution in [2.75, 3.05) is 5.88 Å². The second-order valence-electron chi connectivity index (χ2n) is 6.03. The van der Waals surface area contributed by atoms with Gasteiger partial charge in [0.05, 0.1) is 17.5 Å². The molecule has 0 radical (unpaired) electrons. The van der Waals surface area contributed by atoms with Crippen LogP contribution in [0.1, 0.15) is 27.6 Å². The average molecular weight is 435 g/mol. The Morgan fingerprint density at radius 3 is 2.40 bits per heavy atom. The molecule has 0 aliphatic carbocycles. The van der Waals surface area contributed by atoms with E-state index in [0.717, 1.165) is 37.4 Å². The van der Waals surface area contributed by atoms with E-state index in [1.54, 1.807) is 0 Å². The van der Waals surface area contributed by atoms with Gasteiger partial charge in [-0.1, -0.05) is 57.4 Å². The lowest BCUT2D eigenvalue weighted by atomic mass is 9.93. The van der Waals surface area contributed by atoms with E-state index in [1.165, 1.54) is 11.3 Å². The standard InChI is InChI=1S/C20H17BrClNOS/c1-12-7-13(2)9-15(8-12)19(18(24)10-22)20-23-17(11-25-20)14-3-5-16(21)6-4-14/h3-9,11,19H,10H2,1-2H3. The first-order valence-electron chi connectivity index (χ1n) is 7.86. The number of carbonyl (C=O) groups is 1. The Hall–Kier alpha value is -1.49. The van der Waals surface area contributed by atoms with E-state index >= 15 is 0 Å². The van der Waals surface area contributed by atoms with Crippen LogP contribution < -0.4 is 0 Å². The molecule has 1 aromatic heterocycles. The van der Waals surface area contributed by atoms with Crippen LogP contribution in [0.25, 0.3) is 11.3 Å². The van der Waals surface area contributed by atoms with Gasteiger partial charge in [-0.25, -0.2) is 4.98 Å². The van der Waals surface area contributed by atoms with Crippen LogP contribution in [0.2, 0.25) is 0 Å². The number of alkyl halides is 1. The van der Waals surface area contributed by atoms with Crippen LogP contribution in [0.3, 0.4) is 0 Å². The number of halogens is 2. The lowest BCUT2D eigenvalue weighted by Gasteiger charge is -2.14. The molecule has 0 saturated carbocycles. The van der Waals surface area contributed by atoms with Crippen molar-refractivity contribution in [3.05, 3.63) is 74.0 Å². The van der Waals surface area contributed by atoms with Crippen LogP contribution in [-0.2, 0) is 4.79 Å². The molecular weight excluding hydrogens is 418 g/mol. The third-order valence-electron chi connectivity index (χ3n) is 3.94. The smallest absolute Gasteiger partial charge is 0.161 e. The Morgan fingerprint density at radius 1 is 1.16 bits per heavy atom. The van der Waals surface area contributed by atoms with Gasteiger partial charge < -0.3 is 0 Å². The maximum absolute atomic E-state index is 12.6. The molecule has 0 amide bonds. The zero-order valence-electron chi connectivity index (χ0n) is 13.9. The summed E-state index contributed by atoms with van der Waals surface area (Å²) in [4.78, 5) is 17.3. The van der Waals surface area contributed by atoms with Crippen LogP contribution in [0.5, 0.6) is 0 Å². The molecule has 0 saturated heterocycles. The number of benzene rings is 2. The Bertz CT molecular complexity index is 884. The summed E-state index contributed by atoms with van der Waals surface area (Å²) in [6, 6.07) is 14.2. The average Bonchev–Trinajstić information content (AvgIpc) is 3.04. The van der Waals surface area contributed by atoms with E-state index in [4.69, 9.17) is 16.6 Å². The van der Waals surface area contributed by atoms with Crippen molar-refractivity contribution >= 4 is 44.7 Å². The van der Waals surface area contributed by atoms with Crippen molar-refractivity contribution in [2.24, 2.45) is 0 Å². The highest BCUT2D eigenvalue weighted by atomic mass is 79.9. The van der Waals surface area contributed by atoms with Gasteiger partial charge in [0.1, 0.15) is 5.01 Å². The van der Waals surface area contributed by atoms with E-state index in [-0.39, 0.29) is 11.7 Å². The van der Waals surface area contributed by atoms with Gasteiger partial charge in [-0.05, 0) is 31.5 Å². The van der Waals surface area contributed by atoms with Gasteiger partial charge in [0.15, 0.2) is 5.78 Å². The van der Waals surface area contributed by atoms with E-state index < -0.39 is 5.92 Å².